The van der Waals surface area contributed by atoms with Crippen molar-refractivity contribution in [3.8, 4) is 0 Å². The maximum absolute atomic E-state index is 6.04. The first-order valence-corrected chi connectivity index (χ1v) is 10.4. The number of halogens is 1. The van der Waals surface area contributed by atoms with E-state index in [1.807, 2.05) is 0 Å². The first-order chi connectivity index (χ1) is 12.4. The lowest BCUT2D eigenvalue weighted by Crippen LogP contribution is -2.71. The monoisotopic (exact) mass is 494 g/mol. The second-order valence-corrected chi connectivity index (χ2v) is 9.15. The molecular weight excluding hydrogens is 455 g/mol. The average Bonchev–Trinajstić information content (AvgIpc) is 2.64. The molecule has 3 fully saturated rings. The van der Waals surface area contributed by atoms with Crippen LogP contribution < -0.4 is 10.6 Å². The molecule has 1 aliphatic carbocycles. The largest absolute Gasteiger partial charge is 0.379 e. The van der Waals surface area contributed by atoms with E-state index in [0.29, 0.717) is 18.1 Å². The molecule has 2 N–H and O–H groups in total. The highest BCUT2D eigenvalue weighted by atomic mass is 127. The van der Waals surface area contributed by atoms with Gasteiger partial charge in [0.25, 0.3) is 0 Å². The van der Waals surface area contributed by atoms with Gasteiger partial charge in [0, 0.05) is 49.2 Å². The molecular formula is C20H39IN4O2. The average molecular weight is 494 g/mol. The number of hydrogen-bond acceptors (Lipinski definition) is 4. The van der Waals surface area contributed by atoms with Gasteiger partial charge in [-0.2, -0.15) is 0 Å². The zero-order valence-corrected chi connectivity index (χ0v) is 20.0. The molecule has 3 atom stereocenters. The number of rotatable bonds is 5. The van der Waals surface area contributed by atoms with Gasteiger partial charge in [0.05, 0.1) is 25.9 Å². The summed E-state index contributed by atoms with van der Waals surface area (Å²) in [6, 6.07) is 0.428. The van der Waals surface area contributed by atoms with Crippen molar-refractivity contribution in [2.75, 3.05) is 46.0 Å². The first kappa shape index (κ1) is 23.2. The summed E-state index contributed by atoms with van der Waals surface area (Å²) in [5.74, 6) is 1.55. The van der Waals surface area contributed by atoms with Crippen LogP contribution in [0.2, 0.25) is 0 Å². The molecule has 6 nitrogen and oxygen atoms in total. The predicted molar refractivity (Wildman–Crippen MR) is 121 cm³/mol. The number of nitrogens with zero attached hydrogens (tertiary/aromatic N) is 2. The van der Waals surface area contributed by atoms with Gasteiger partial charge in [-0.1, -0.05) is 13.8 Å². The van der Waals surface area contributed by atoms with Crippen LogP contribution in [0.4, 0.5) is 0 Å². The minimum Gasteiger partial charge on any atom is -0.379 e. The van der Waals surface area contributed by atoms with Gasteiger partial charge in [0.2, 0.25) is 0 Å². The summed E-state index contributed by atoms with van der Waals surface area (Å²) in [5, 5.41) is 7.18. The quantitative estimate of drug-likeness (QED) is 0.350. The Labute approximate surface area is 182 Å². The highest BCUT2D eigenvalue weighted by molar-refractivity contribution is 14.0. The van der Waals surface area contributed by atoms with Gasteiger partial charge < -0.3 is 20.1 Å². The molecule has 27 heavy (non-hydrogen) atoms. The lowest BCUT2D eigenvalue weighted by Gasteiger charge is -2.60. The van der Waals surface area contributed by atoms with Crippen molar-refractivity contribution in [1.82, 2.24) is 15.5 Å². The van der Waals surface area contributed by atoms with Crippen molar-refractivity contribution in [3.63, 3.8) is 0 Å². The molecule has 3 rings (SSSR count). The molecule has 3 aliphatic rings. The Balaban J connectivity index is 0.00000261. The minimum absolute atomic E-state index is 0. The molecule has 0 bridgehead atoms. The highest BCUT2D eigenvalue weighted by Gasteiger charge is 2.58. The van der Waals surface area contributed by atoms with Gasteiger partial charge >= 0.3 is 0 Å². The number of morpholine rings is 1. The van der Waals surface area contributed by atoms with Gasteiger partial charge in [-0.3, -0.25) is 9.89 Å². The van der Waals surface area contributed by atoms with Crippen molar-refractivity contribution in [2.24, 2.45) is 16.3 Å². The van der Waals surface area contributed by atoms with E-state index in [0.717, 1.165) is 52.0 Å². The van der Waals surface area contributed by atoms with E-state index < -0.39 is 0 Å². The fraction of sp³-hybridized carbons (Fsp3) is 0.950. The highest BCUT2D eigenvalue weighted by Crippen LogP contribution is 2.51. The molecule has 0 aromatic heterocycles. The van der Waals surface area contributed by atoms with Crippen LogP contribution >= 0.6 is 24.0 Å². The molecule has 2 saturated heterocycles. The molecule has 3 unspecified atom stereocenters. The van der Waals surface area contributed by atoms with Crippen LogP contribution in [0.3, 0.4) is 0 Å². The van der Waals surface area contributed by atoms with E-state index in [1.54, 1.807) is 0 Å². The SMILES string of the molecule is CCNC(=NCC(C)(C)N1CCOCC1)NC1C2CCCOC2C1(C)C.I. The molecule has 0 radical (unpaired) electrons. The summed E-state index contributed by atoms with van der Waals surface area (Å²) in [7, 11) is 0. The molecule has 0 aromatic rings. The number of ether oxygens (including phenoxy) is 2. The number of aliphatic imine (C=N–C) groups is 1. The lowest BCUT2D eigenvalue weighted by atomic mass is 9.55. The van der Waals surface area contributed by atoms with Crippen molar-refractivity contribution >= 4 is 29.9 Å². The predicted octanol–water partition coefficient (Wildman–Crippen LogP) is 2.47. The van der Waals surface area contributed by atoms with Crippen LogP contribution in [0.1, 0.15) is 47.5 Å². The molecule has 7 heteroatoms. The third-order valence-corrected chi connectivity index (χ3v) is 6.46. The van der Waals surface area contributed by atoms with Crippen molar-refractivity contribution in [2.45, 2.75) is 65.1 Å². The van der Waals surface area contributed by atoms with E-state index in [9.17, 15) is 0 Å². The van der Waals surface area contributed by atoms with Gasteiger partial charge in [-0.15, -0.1) is 24.0 Å². The maximum atomic E-state index is 6.04. The van der Waals surface area contributed by atoms with Gasteiger partial charge in [-0.05, 0) is 33.6 Å². The van der Waals surface area contributed by atoms with Crippen LogP contribution in [0.15, 0.2) is 4.99 Å². The van der Waals surface area contributed by atoms with Crippen molar-refractivity contribution in [1.29, 1.82) is 0 Å². The Kier molecular flexibility index (Phi) is 8.22. The number of fused-ring (bicyclic) bond motifs is 1. The van der Waals surface area contributed by atoms with E-state index in [4.69, 9.17) is 14.5 Å². The van der Waals surface area contributed by atoms with Crippen molar-refractivity contribution < 1.29 is 9.47 Å². The summed E-state index contributed by atoms with van der Waals surface area (Å²) in [4.78, 5) is 7.44. The summed E-state index contributed by atoms with van der Waals surface area (Å²) in [6.07, 6.45) is 2.82. The maximum Gasteiger partial charge on any atom is 0.191 e. The van der Waals surface area contributed by atoms with E-state index in [2.05, 4.69) is 50.2 Å². The van der Waals surface area contributed by atoms with Gasteiger partial charge in [0.15, 0.2) is 5.96 Å². The smallest absolute Gasteiger partial charge is 0.191 e. The van der Waals surface area contributed by atoms with Crippen molar-refractivity contribution in [3.05, 3.63) is 0 Å². The molecule has 0 aromatic carbocycles. The molecule has 2 heterocycles. The molecule has 2 aliphatic heterocycles. The molecule has 0 amide bonds. The third-order valence-electron chi connectivity index (χ3n) is 6.46. The number of hydrogen-bond donors (Lipinski definition) is 2. The fourth-order valence-corrected chi connectivity index (χ4v) is 4.82. The van der Waals surface area contributed by atoms with Crippen LogP contribution in [-0.2, 0) is 9.47 Å². The fourth-order valence-electron chi connectivity index (χ4n) is 4.82. The Morgan fingerprint density at radius 1 is 1.22 bits per heavy atom. The minimum atomic E-state index is 0. The standard InChI is InChI=1S/C20H38N4O2.HI/c1-6-21-18(22-14-19(2,3)24-9-12-25-13-10-24)23-16-15-8-7-11-26-17(15)20(16,4)5;/h15-17H,6-14H2,1-5H3,(H2,21,22,23);1H. The topological polar surface area (TPSA) is 58.1 Å². The Bertz CT molecular complexity index is 506. The van der Waals surface area contributed by atoms with E-state index in [1.165, 1.54) is 12.8 Å². The Morgan fingerprint density at radius 2 is 1.93 bits per heavy atom. The summed E-state index contributed by atoms with van der Waals surface area (Å²) in [5.41, 5.74) is 0.193. The second kappa shape index (κ2) is 9.59. The van der Waals surface area contributed by atoms with Crippen LogP contribution in [0, 0.1) is 11.3 Å². The Morgan fingerprint density at radius 3 is 2.59 bits per heavy atom. The zero-order chi connectivity index (χ0) is 18.8. The summed E-state index contributed by atoms with van der Waals surface area (Å²) >= 11 is 0. The van der Waals surface area contributed by atoms with Gasteiger partial charge in [0.1, 0.15) is 0 Å². The van der Waals surface area contributed by atoms with Gasteiger partial charge in [-0.25, -0.2) is 0 Å². The molecule has 1 saturated carbocycles. The number of guanidine groups is 1. The molecule has 158 valence electrons. The third kappa shape index (κ3) is 5.08. The van der Waals surface area contributed by atoms with E-state index in [-0.39, 0.29) is 34.9 Å². The lowest BCUT2D eigenvalue weighted by molar-refractivity contribution is -0.188. The van der Waals surface area contributed by atoms with Crippen LogP contribution in [-0.4, -0.2) is 74.5 Å². The summed E-state index contributed by atoms with van der Waals surface area (Å²) < 4.78 is 11.5. The summed E-state index contributed by atoms with van der Waals surface area (Å²) in [6.45, 7) is 17.5. The first-order valence-electron chi connectivity index (χ1n) is 10.4. The number of nitrogens with one attached hydrogen (secondary N) is 2. The molecule has 0 spiro atoms. The second-order valence-electron chi connectivity index (χ2n) is 9.15. The zero-order valence-electron chi connectivity index (χ0n) is 17.7. The van der Waals surface area contributed by atoms with Crippen LogP contribution in [0.5, 0.6) is 0 Å². The Hall–Kier alpha value is -0.120. The van der Waals surface area contributed by atoms with E-state index >= 15 is 0 Å². The normalized spacial score (nSPS) is 31.3. The van der Waals surface area contributed by atoms with Crippen LogP contribution in [0.25, 0.3) is 0 Å².